The van der Waals surface area contributed by atoms with Crippen LogP contribution in [0.5, 0.6) is 0 Å². The van der Waals surface area contributed by atoms with Gasteiger partial charge in [-0.1, -0.05) is 35.7 Å². The van der Waals surface area contributed by atoms with E-state index in [1.54, 1.807) is 0 Å². The number of hydrogen-bond donors (Lipinski definition) is 0. The summed E-state index contributed by atoms with van der Waals surface area (Å²) in [6.45, 7) is 3.05. The molecule has 1 heteroatoms. The highest BCUT2D eigenvalue weighted by molar-refractivity contribution is 5.21. The highest BCUT2D eigenvalue weighted by Crippen LogP contribution is 2.04. The van der Waals surface area contributed by atoms with E-state index in [1.165, 1.54) is 11.1 Å². The number of benzene rings is 1. The van der Waals surface area contributed by atoms with Crippen LogP contribution in [-0.2, 0) is 11.3 Å². The molecule has 1 nitrogen and oxygen atoms in total. The molecule has 12 heavy (non-hydrogen) atoms. The van der Waals surface area contributed by atoms with Crippen molar-refractivity contribution < 1.29 is 4.74 Å². The number of hydrogen-bond acceptors (Lipinski definition) is 1. The van der Waals surface area contributed by atoms with Crippen LogP contribution in [0.25, 0.3) is 0 Å². The smallest absolute Gasteiger partial charge is 0.107 e. The molecule has 0 unspecified atom stereocenters. The average molecular weight is 160 g/mol. The van der Waals surface area contributed by atoms with Crippen molar-refractivity contribution >= 4 is 0 Å². The maximum Gasteiger partial charge on any atom is 0.107 e. The Hall–Kier alpha value is -1.26. The zero-order chi connectivity index (χ0) is 8.81. The second-order valence-corrected chi connectivity index (χ2v) is 2.69. The second-order valence-electron chi connectivity index (χ2n) is 2.69. The Morgan fingerprint density at radius 3 is 3.00 bits per heavy atom. The van der Waals surface area contributed by atoms with Gasteiger partial charge in [0.15, 0.2) is 0 Å². The first-order valence-electron chi connectivity index (χ1n) is 3.89. The third kappa shape index (κ3) is 2.77. The topological polar surface area (TPSA) is 9.23 Å². The molecular weight excluding hydrogens is 148 g/mol. The monoisotopic (exact) mass is 160 g/mol. The molecule has 0 saturated heterocycles. The summed E-state index contributed by atoms with van der Waals surface area (Å²) in [5.41, 5.74) is 2.42. The standard InChI is InChI=1S/C11H12O/c1-3-7-12-9-11-6-4-5-10(2)8-11/h1,4-6,8H,7,9H2,2H3. The van der Waals surface area contributed by atoms with Gasteiger partial charge in [-0.25, -0.2) is 0 Å². The molecule has 1 aromatic rings. The van der Waals surface area contributed by atoms with Gasteiger partial charge in [0, 0.05) is 0 Å². The molecule has 1 aromatic carbocycles. The molecule has 0 aromatic heterocycles. The molecule has 0 saturated carbocycles. The van der Waals surface area contributed by atoms with Crippen LogP contribution in [0.4, 0.5) is 0 Å². The van der Waals surface area contributed by atoms with Crippen molar-refractivity contribution in [2.75, 3.05) is 6.61 Å². The summed E-state index contributed by atoms with van der Waals surface area (Å²) in [6.07, 6.45) is 5.05. The van der Waals surface area contributed by atoms with Gasteiger partial charge in [-0.3, -0.25) is 0 Å². The molecule has 0 amide bonds. The predicted octanol–water partition coefficient (Wildman–Crippen LogP) is 2.14. The van der Waals surface area contributed by atoms with Gasteiger partial charge in [0.2, 0.25) is 0 Å². The molecular formula is C11H12O. The van der Waals surface area contributed by atoms with Crippen LogP contribution in [-0.4, -0.2) is 6.61 Å². The summed E-state index contributed by atoms with van der Waals surface area (Å²) in [4.78, 5) is 0. The molecule has 0 atom stereocenters. The maximum atomic E-state index is 5.19. The summed E-state index contributed by atoms with van der Waals surface area (Å²) in [5.74, 6) is 2.43. The fourth-order valence-electron chi connectivity index (χ4n) is 1.03. The molecule has 0 heterocycles. The summed E-state index contributed by atoms with van der Waals surface area (Å²) in [6, 6.07) is 8.20. The fraction of sp³-hybridized carbons (Fsp3) is 0.273. The second kappa shape index (κ2) is 4.58. The van der Waals surface area contributed by atoms with Crippen molar-refractivity contribution in [2.45, 2.75) is 13.5 Å². The van der Waals surface area contributed by atoms with E-state index in [0.29, 0.717) is 13.2 Å². The minimum absolute atomic E-state index is 0.383. The lowest BCUT2D eigenvalue weighted by Gasteiger charge is -2.01. The molecule has 0 bridgehead atoms. The lowest BCUT2D eigenvalue weighted by molar-refractivity contribution is 0.153. The van der Waals surface area contributed by atoms with Gasteiger partial charge in [0.05, 0.1) is 6.61 Å². The van der Waals surface area contributed by atoms with Crippen LogP contribution in [0.3, 0.4) is 0 Å². The van der Waals surface area contributed by atoms with Gasteiger partial charge in [-0.05, 0) is 12.5 Å². The maximum absolute atomic E-state index is 5.19. The van der Waals surface area contributed by atoms with Crippen LogP contribution in [0, 0.1) is 19.3 Å². The quantitative estimate of drug-likeness (QED) is 0.486. The zero-order valence-corrected chi connectivity index (χ0v) is 7.21. The summed E-state index contributed by atoms with van der Waals surface area (Å²) >= 11 is 0. The molecule has 0 N–H and O–H groups in total. The first-order valence-corrected chi connectivity index (χ1v) is 3.89. The first kappa shape index (κ1) is 8.83. The van der Waals surface area contributed by atoms with Crippen molar-refractivity contribution in [1.82, 2.24) is 0 Å². The Morgan fingerprint density at radius 1 is 1.50 bits per heavy atom. The Balaban J connectivity index is 2.48. The first-order chi connectivity index (χ1) is 5.83. The summed E-state index contributed by atoms with van der Waals surface area (Å²) in [7, 11) is 0. The van der Waals surface area contributed by atoms with Gasteiger partial charge in [0.1, 0.15) is 6.61 Å². The van der Waals surface area contributed by atoms with Crippen LogP contribution >= 0.6 is 0 Å². The predicted molar refractivity (Wildman–Crippen MR) is 49.7 cm³/mol. The van der Waals surface area contributed by atoms with E-state index in [4.69, 9.17) is 11.2 Å². The summed E-state index contributed by atoms with van der Waals surface area (Å²) in [5, 5.41) is 0. The number of terminal acetylenes is 1. The van der Waals surface area contributed by atoms with Gasteiger partial charge < -0.3 is 4.74 Å². The molecule has 1 rings (SSSR count). The van der Waals surface area contributed by atoms with E-state index < -0.39 is 0 Å². The lowest BCUT2D eigenvalue weighted by atomic mass is 10.1. The lowest BCUT2D eigenvalue weighted by Crippen LogP contribution is -1.92. The zero-order valence-electron chi connectivity index (χ0n) is 7.21. The van der Waals surface area contributed by atoms with Crippen molar-refractivity contribution in [1.29, 1.82) is 0 Å². The molecule has 0 spiro atoms. The largest absolute Gasteiger partial charge is 0.364 e. The molecule has 62 valence electrons. The Labute approximate surface area is 73.4 Å². The Morgan fingerprint density at radius 2 is 2.33 bits per heavy atom. The van der Waals surface area contributed by atoms with Crippen molar-refractivity contribution in [3.8, 4) is 12.3 Å². The molecule has 0 aliphatic rings. The van der Waals surface area contributed by atoms with Crippen LogP contribution in [0.2, 0.25) is 0 Å². The van der Waals surface area contributed by atoms with E-state index in [-0.39, 0.29) is 0 Å². The van der Waals surface area contributed by atoms with Crippen LogP contribution in [0.1, 0.15) is 11.1 Å². The van der Waals surface area contributed by atoms with Gasteiger partial charge in [0.25, 0.3) is 0 Å². The van der Waals surface area contributed by atoms with E-state index in [2.05, 4.69) is 25.0 Å². The highest BCUT2D eigenvalue weighted by Gasteiger charge is 1.91. The normalized spacial score (nSPS) is 9.33. The Kier molecular flexibility index (Phi) is 3.37. The van der Waals surface area contributed by atoms with Crippen molar-refractivity contribution in [3.63, 3.8) is 0 Å². The third-order valence-corrected chi connectivity index (χ3v) is 1.54. The van der Waals surface area contributed by atoms with Crippen molar-refractivity contribution in [2.24, 2.45) is 0 Å². The fourth-order valence-corrected chi connectivity index (χ4v) is 1.03. The minimum atomic E-state index is 0.383. The van der Waals surface area contributed by atoms with E-state index in [9.17, 15) is 0 Å². The van der Waals surface area contributed by atoms with Crippen LogP contribution in [0.15, 0.2) is 24.3 Å². The van der Waals surface area contributed by atoms with Gasteiger partial charge in [-0.15, -0.1) is 6.42 Å². The van der Waals surface area contributed by atoms with Gasteiger partial charge >= 0.3 is 0 Å². The number of rotatable bonds is 3. The van der Waals surface area contributed by atoms with Gasteiger partial charge in [-0.2, -0.15) is 0 Å². The van der Waals surface area contributed by atoms with E-state index in [0.717, 1.165) is 0 Å². The third-order valence-electron chi connectivity index (χ3n) is 1.54. The Bertz CT molecular complexity index is 283. The van der Waals surface area contributed by atoms with Crippen LogP contribution < -0.4 is 0 Å². The van der Waals surface area contributed by atoms with Crippen molar-refractivity contribution in [3.05, 3.63) is 35.4 Å². The SMILES string of the molecule is C#CCOCc1cccc(C)c1. The average Bonchev–Trinajstić information content (AvgIpc) is 2.05. The molecule has 0 aliphatic carbocycles. The van der Waals surface area contributed by atoms with E-state index >= 15 is 0 Å². The number of ether oxygens (including phenoxy) is 1. The highest BCUT2D eigenvalue weighted by atomic mass is 16.5. The minimum Gasteiger partial charge on any atom is -0.364 e. The number of aryl methyl sites for hydroxylation is 1. The molecule has 0 fully saturated rings. The molecule has 0 aliphatic heterocycles. The molecule has 0 radical (unpaired) electrons. The summed E-state index contributed by atoms with van der Waals surface area (Å²) < 4.78 is 5.19. The van der Waals surface area contributed by atoms with E-state index in [1.807, 2.05) is 12.1 Å².